The molecule has 0 saturated carbocycles. The maximum absolute atomic E-state index is 11.8. The smallest absolute Gasteiger partial charge is 0.222 e. The molecule has 1 aromatic carbocycles. The number of amides is 1. The second-order valence-electron chi connectivity index (χ2n) is 5.47. The van der Waals surface area contributed by atoms with Crippen LogP contribution in [0, 0.1) is 0 Å². The van der Waals surface area contributed by atoms with Crippen LogP contribution < -0.4 is 0 Å². The van der Waals surface area contributed by atoms with Crippen LogP contribution in [0.2, 0.25) is 10.0 Å². The van der Waals surface area contributed by atoms with E-state index in [0.29, 0.717) is 16.5 Å². The molecular weight excluding hydrogens is 307 g/mol. The first-order valence-electron chi connectivity index (χ1n) is 7.49. The van der Waals surface area contributed by atoms with Gasteiger partial charge in [-0.15, -0.1) is 0 Å². The molecule has 0 N–H and O–H groups in total. The predicted octanol–water partition coefficient (Wildman–Crippen LogP) is 4.00. The van der Waals surface area contributed by atoms with Crippen LogP contribution in [0.15, 0.2) is 18.2 Å². The van der Waals surface area contributed by atoms with Crippen molar-refractivity contribution in [2.45, 2.75) is 32.7 Å². The van der Waals surface area contributed by atoms with E-state index < -0.39 is 0 Å². The molecule has 1 amide bonds. The van der Waals surface area contributed by atoms with Gasteiger partial charge in [-0.2, -0.15) is 0 Å². The molecule has 0 spiro atoms. The number of hydrogen-bond acceptors (Lipinski definition) is 2. The maximum atomic E-state index is 11.8. The van der Waals surface area contributed by atoms with E-state index in [1.165, 1.54) is 0 Å². The fraction of sp³-hybridized carbons (Fsp3) is 0.562. The van der Waals surface area contributed by atoms with Crippen molar-refractivity contribution in [1.29, 1.82) is 0 Å². The predicted molar refractivity (Wildman–Crippen MR) is 87.9 cm³/mol. The van der Waals surface area contributed by atoms with Gasteiger partial charge in [0, 0.05) is 48.7 Å². The van der Waals surface area contributed by atoms with Crippen LogP contribution in [0.3, 0.4) is 0 Å². The van der Waals surface area contributed by atoms with E-state index in [1.54, 1.807) is 6.07 Å². The van der Waals surface area contributed by atoms with Crippen LogP contribution in [0.4, 0.5) is 0 Å². The van der Waals surface area contributed by atoms with Gasteiger partial charge in [0.15, 0.2) is 0 Å². The van der Waals surface area contributed by atoms with Crippen LogP contribution in [0.5, 0.6) is 0 Å². The Morgan fingerprint density at radius 2 is 2.00 bits per heavy atom. The number of nitrogens with zero attached hydrogens (tertiary/aromatic N) is 2. The van der Waals surface area contributed by atoms with E-state index in [-0.39, 0.29) is 11.9 Å². The zero-order chi connectivity index (χ0) is 15.4. The number of carbonyl (C=O) groups excluding carboxylic acids is 1. The Bertz CT molecular complexity index is 507. The van der Waals surface area contributed by atoms with Gasteiger partial charge in [-0.3, -0.25) is 9.69 Å². The van der Waals surface area contributed by atoms with Gasteiger partial charge in [-0.25, -0.2) is 0 Å². The number of rotatable bonds is 3. The Balaban J connectivity index is 2.06. The minimum Gasteiger partial charge on any atom is -0.341 e. The van der Waals surface area contributed by atoms with Gasteiger partial charge >= 0.3 is 0 Å². The number of halogens is 2. The molecule has 0 bridgehead atoms. The maximum Gasteiger partial charge on any atom is 0.222 e. The van der Waals surface area contributed by atoms with Crippen LogP contribution in [0.1, 0.15) is 38.3 Å². The quantitative estimate of drug-likeness (QED) is 0.837. The lowest BCUT2D eigenvalue weighted by molar-refractivity contribution is -0.130. The monoisotopic (exact) mass is 328 g/mol. The van der Waals surface area contributed by atoms with Gasteiger partial charge in [0.25, 0.3) is 0 Å². The van der Waals surface area contributed by atoms with Crippen molar-refractivity contribution in [3.63, 3.8) is 0 Å². The molecule has 5 heteroatoms. The van der Waals surface area contributed by atoms with Gasteiger partial charge in [0.05, 0.1) is 0 Å². The lowest BCUT2D eigenvalue weighted by Gasteiger charge is -2.28. The van der Waals surface area contributed by atoms with Crippen molar-refractivity contribution in [3.05, 3.63) is 33.8 Å². The van der Waals surface area contributed by atoms with E-state index in [0.717, 1.165) is 38.2 Å². The summed E-state index contributed by atoms with van der Waals surface area (Å²) in [5.74, 6) is 0.244. The van der Waals surface area contributed by atoms with Gasteiger partial charge in [-0.05, 0) is 31.0 Å². The lowest BCUT2D eigenvalue weighted by atomic mass is 10.1. The van der Waals surface area contributed by atoms with E-state index in [2.05, 4.69) is 11.8 Å². The van der Waals surface area contributed by atoms with Crippen molar-refractivity contribution in [2.24, 2.45) is 0 Å². The fourth-order valence-corrected chi connectivity index (χ4v) is 3.40. The Morgan fingerprint density at radius 3 is 2.67 bits per heavy atom. The number of benzene rings is 1. The molecule has 1 aliphatic heterocycles. The third kappa shape index (κ3) is 4.12. The molecule has 1 aromatic rings. The van der Waals surface area contributed by atoms with Crippen molar-refractivity contribution >= 4 is 29.1 Å². The molecule has 1 atom stereocenters. The summed E-state index contributed by atoms with van der Waals surface area (Å²) in [5, 5.41) is 1.37. The topological polar surface area (TPSA) is 23.6 Å². The van der Waals surface area contributed by atoms with Gasteiger partial charge in [0.2, 0.25) is 5.91 Å². The minimum atomic E-state index is 0.228. The highest BCUT2D eigenvalue weighted by Crippen LogP contribution is 2.30. The summed E-state index contributed by atoms with van der Waals surface area (Å²) in [7, 11) is 0. The Hall–Kier alpha value is -0.770. The van der Waals surface area contributed by atoms with Crippen LogP contribution in [0.25, 0.3) is 0 Å². The normalized spacial score (nSPS) is 18.4. The standard InChI is InChI=1S/C16H22Cl2N2O/c1-3-16(21)20-8-4-7-19(9-10-20)12(2)14-6-5-13(17)11-15(14)18/h5-6,11-12H,3-4,7-10H2,1-2H3. The van der Waals surface area contributed by atoms with Crippen molar-refractivity contribution in [2.75, 3.05) is 26.2 Å². The van der Waals surface area contributed by atoms with Crippen molar-refractivity contribution in [1.82, 2.24) is 9.80 Å². The molecule has 0 radical (unpaired) electrons. The van der Waals surface area contributed by atoms with E-state index in [9.17, 15) is 4.79 Å². The zero-order valence-corrected chi connectivity index (χ0v) is 14.1. The molecule has 1 unspecified atom stereocenters. The van der Waals surface area contributed by atoms with Crippen molar-refractivity contribution < 1.29 is 4.79 Å². The molecule has 2 rings (SSSR count). The second-order valence-corrected chi connectivity index (χ2v) is 6.31. The lowest BCUT2D eigenvalue weighted by Crippen LogP contribution is -2.35. The molecule has 1 fully saturated rings. The van der Waals surface area contributed by atoms with Crippen LogP contribution in [-0.2, 0) is 4.79 Å². The molecule has 21 heavy (non-hydrogen) atoms. The third-order valence-corrected chi connectivity index (χ3v) is 4.71. The average molecular weight is 329 g/mol. The van der Waals surface area contributed by atoms with Crippen molar-refractivity contribution in [3.8, 4) is 0 Å². The molecule has 1 aliphatic rings. The summed E-state index contributed by atoms with van der Waals surface area (Å²) in [5.41, 5.74) is 1.09. The van der Waals surface area contributed by atoms with Crippen LogP contribution >= 0.6 is 23.2 Å². The minimum absolute atomic E-state index is 0.228. The van der Waals surface area contributed by atoms with Gasteiger partial charge in [-0.1, -0.05) is 36.2 Å². The molecule has 3 nitrogen and oxygen atoms in total. The molecule has 116 valence electrons. The largest absolute Gasteiger partial charge is 0.341 e. The highest BCUT2D eigenvalue weighted by molar-refractivity contribution is 6.35. The first-order chi connectivity index (χ1) is 10.0. The van der Waals surface area contributed by atoms with E-state index >= 15 is 0 Å². The summed E-state index contributed by atoms with van der Waals surface area (Å²) in [6.45, 7) is 7.58. The first-order valence-corrected chi connectivity index (χ1v) is 8.25. The van der Waals surface area contributed by atoms with Crippen LogP contribution in [-0.4, -0.2) is 41.9 Å². The SMILES string of the molecule is CCC(=O)N1CCCN(C(C)c2ccc(Cl)cc2Cl)CC1. The summed E-state index contributed by atoms with van der Waals surface area (Å²) in [6.07, 6.45) is 1.58. The number of carbonyl (C=O) groups is 1. The van der Waals surface area contributed by atoms with Gasteiger partial charge in [0.1, 0.15) is 0 Å². The molecule has 1 saturated heterocycles. The highest BCUT2D eigenvalue weighted by Gasteiger charge is 2.23. The molecule has 1 heterocycles. The van der Waals surface area contributed by atoms with E-state index in [4.69, 9.17) is 23.2 Å². The Labute approximate surface area is 136 Å². The van der Waals surface area contributed by atoms with E-state index in [1.807, 2.05) is 24.0 Å². The summed E-state index contributed by atoms with van der Waals surface area (Å²) < 4.78 is 0. The summed E-state index contributed by atoms with van der Waals surface area (Å²) in [6, 6.07) is 5.89. The summed E-state index contributed by atoms with van der Waals surface area (Å²) >= 11 is 12.3. The average Bonchev–Trinajstić information content (AvgIpc) is 2.71. The third-order valence-electron chi connectivity index (χ3n) is 4.15. The summed E-state index contributed by atoms with van der Waals surface area (Å²) in [4.78, 5) is 16.2. The second kappa shape index (κ2) is 7.48. The first kappa shape index (κ1) is 16.6. The molecule has 0 aromatic heterocycles. The zero-order valence-electron chi connectivity index (χ0n) is 12.6. The van der Waals surface area contributed by atoms with Gasteiger partial charge < -0.3 is 4.90 Å². The molecular formula is C16H22Cl2N2O. The Kier molecular flexibility index (Phi) is 5.91. The number of hydrogen-bond donors (Lipinski definition) is 0. The Morgan fingerprint density at radius 1 is 1.24 bits per heavy atom. The highest BCUT2D eigenvalue weighted by atomic mass is 35.5. The fourth-order valence-electron chi connectivity index (χ4n) is 2.83. The molecule has 0 aliphatic carbocycles.